The summed E-state index contributed by atoms with van der Waals surface area (Å²) < 4.78 is 2.52. The molecule has 8 aromatic carbocycles. The minimum Gasteiger partial charge on any atom is -0.308 e. The van der Waals surface area contributed by atoms with Gasteiger partial charge < -0.3 is 4.57 Å². The highest BCUT2D eigenvalue weighted by atomic mass is 32.2. The van der Waals surface area contributed by atoms with Gasteiger partial charge in [0.2, 0.25) is 0 Å². The van der Waals surface area contributed by atoms with Gasteiger partial charge in [0.15, 0.2) is 0 Å². The average molecular weight is 602 g/mol. The van der Waals surface area contributed by atoms with Crippen LogP contribution in [0.3, 0.4) is 0 Å². The van der Waals surface area contributed by atoms with Gasteiger partial charge in [-0.25, -0.2) is 0 Å². The fraction of sp³-hybridized carbons (Fsp3) is 0. The maximum absolute atomic E-state index is 2.52. The number of benzene rings is 8. The van der Waals surface area contributed by atoms with Gasteiger partial charge in [0, 0.05) is 26.3 Å². The molecule has 0 fully saturated rings. The molecule has 0 bridgehead atoms. The number of para-hydroxylation sites is 1. The Morgan fingerprint density at radius 3 is 1.83 bits per heavy atom. The molecule has 2 heterocycles. The maximum atomic E-state index is 2.52. The number of hydrogen-bond donors (Lipinski definition) is 0. The van der Waals surface area contributed by atoms with E-state index in [4.69, 9.17) is 0 Å². The third-order valence-corrected chi connectivity index (χ3v) is 10.8. The summed E-state index contributed by atoms with van der Waals surface area (Å²) in [7, 11) is 0. The van der Waals surface area contributed by atoms with E-state index in [-0.39, 0.29) is 0 Å². The van der Waals surface area contributed by atoms with Crippen molar-refractivity contribution in [2.24, 2.45) is 0 Å². The predicted molar refractivity (Wildman–Crippen MR) is 196 cm³/mol. The lowest BCUT2D eigenvalue weighted by molar-refractivity contribution is 1.16. The fourth-order valence-electron chi connectivity index (χ4n) is 7.56. The lowest BCUT2D eigenvalue weighted by atomic mass is 9.93. The summed E-state index contributed by atoms with van der Waals surface area (Å²) in [5.74, 6) is 0. The minimum atomic E-state index is 1.17. The lowest BCUT2D eigenvalue weighted by Crippen LogP contribution is -1.97. The molecule has 0 radical (unpaired) electrons. The van der Waals surface area contributed by atoms with Crippen molar-refractivity contribution in [3.05, 3.63) is 164 Å². The molecule has 2 heteroatoms. The van der Waals surface area contributed by atoms with Gasteiger partial charge >= 0.3 is 0 Å². The molecular formula is C44H27NS. The van der Waals surface area contributed by atoms with Crippen molar-refractivity contribution in [2.45, 2.75) is 9.79 Å². The Kier molecular flexibility index (Phi) is 5.58. The zero-order chi connectivity index (χ0) is 30.2. The van der Waals surface area contributed by atoms with Crippen LogP contribution in [0.5, 0.6) is 0 Å². The fourth-order valence-corrected chi connectivity index (χ4v) is 8.80. The molecule has 1 aromatic heterocycles. The van der Waals surface area contributed by atoms with Crippen molar-refractivity contribution >= 4 is 55.1 Å². The number of fused-ring (bicyclic) bond motifs is 11. The highest BCUT2D eigenvalue weighted by Crippen LogP contribution is 2.52. The van der Waals surface area contributed by atoms with Crippen LogP contribution in [0.4, 0.5) is 0 Å². The number of aromatic nitrogens is 1. The summed E-state index contributed by atoms with van der Waals surface area (Å²) in [6.07, 6.45) is 0. The topological polar surface area (TPSA) is 4.93 Å². The molecule has 1 nitrogen and oxygen atoms in total. The van der Waals surface area contributed by atoms with Gasteiger partial charge in [-0.05, 0) is 79.2 Å². The summed E-state index contributed by atoms with van der Waals surface area (Å²) in [6.45, 7) is 0. The molecule has 0 spiro atoms. The van der Waals surface area contributed by atoms with Crippen LogP contribution in [0.15, 0.2) is 174 Å². The monoisotopic (exact) mass is 601 g/mol. The molecule has 0 atom stereocenters. The first-order valence-electron chi connectivity index (χ1n) is 15.8. The van der Waals surface area contributed by atoms with Crippen LogP contribution in [0.2, 0.25) is 0 Å². The van der Waals surface area contributed by atoms with Crippen LogP contribution >= 0.6 is 11.8 Å². The van der Waals surface area contributed by atoms with Crippen LogP contribution in [0.25, 0.3) is 82.4 Å². The molecule has 0 amide bonds. The van der Waals surface area contributed by atoms with Gasteiger partial charge in [-0.15, -0.1) is 0 Å². The van der Waals surface area contributed by atoms with Crippen molar-refractivity contribution in [3.63, 3.8) is 0 Å². The van der Waals surface area contributed by atoms with E-state index < -0.39 is 0 Å². The van der Waals surface area contributed by atoms with Crippen LogP contribution in [-0.2, 0) is 0 Å². The third-order valence-electron chi connectivity index (χ3n) is 9.58. The molecule has 9 aromatic rings. The Morgan fingerprint density at radius 2 is 0.978 bits per heavy atom. The van der Waals surface area contributed by atoms with Gasteiger partial charge in [0.05, 0.1) is 11.0 Å². The zero-order valence-electron chi connectivity index (χ0n) is 24.9. The predicted octanol–water partition coefficient (Wildman–Crippen LogP) is 12.6. The van der Waals surface area contributed by atoms with Gasteiger partial charge in [0.25, 0.3) is 0 Å². The zero-order valence-corrected chi connectivity index (χ0v) is 25.8. The molecule has 46 heavy (non-hydrogen) atoms. The smallest absolute Gasteiger partial charge is 0.0686 e. The van der Waals surface area contributed by atoms with E-state index in [1.165, 1.54) is 92.2 Å². The molecule has 0 unspecified atom stereocenters. The highest BCUT2D eigenvalue weighted by molar-refractivity contribution is 7.99. The molecule has 0 saturated heterocycles. The molecule has 214 valence electrons. The Balaban J connectivity index is 1.35. The van der Waals surface area contributed by atoms with Crippen LogP contribution in [0.1, 0.15) is 0 Å². The van der Waals surface area contributed by atoms with Crippen molar-refractivity contribution in [2.75, 3.05) is 0 Å². The first-order valence-corrected chi connectivity index (χ1v) is 16.6. The number of rotatable bonds is 2. The molecule has 0 N–H and O–H groups in total. The van der Waals surface area contributed by atoms with Crippen LogP contribution in [0, 0.1) is 0 Å². The maximum Gasteiger partial charge on any atom is 0.0686 e. The van der Waals surface area contributed by atoms with Gasteiger partial charge in [-0.3, -0.25) is 0 Å². The molecule has 0 saturated carbocycles. The standard InChI is InChI=1S/C44H27NS/c1-3-15-31-28(12-1)14-11-21-33(31)40-27-30(26-29-13-2-4-16-32(29)40)45-41-22-9-7-19-36(41)38-24-25-39-35-18-6-5-17-34(35)37-20-8-10-23-42(37)46-44(39)43(38)45/h1-27H. The SMILES string of the molecule is c1ccc2c(c1)Sc1c(ccc3c4ccccc4n(-c4cc(-c5cccc6ccccc56)c5ccccc5c4)c13)-c1ccccc1-2. The molecule has 1 aliphatic rings. The summed E-state index contributed by atoms with van der Waals surface area (Å²) in [5, 5.41) is 7.57. The normalized spacial score (nSPS) is 12.3. The Hall–Kier alpha value is -5.57. The van der Waals surface area contributed by atoms with Gasteiger partial charge in [-0.1, -0.05) is 151 Å². The molecule has 0 aliphatic carbocycles. The average Bonchev–Trinajstić information content (AvgIpc) is 3.38. The van der Waals surface area contributed by atoms with E-state index in [1.807, 2.05) is 11.8 Å². The first-order chi connectivity index (χ1) is 22.8. The summed E-state index contributed by atoms with van der Waals surface area (Å²) in [5.41, 5.74) is 11.3. The van der Waals surface area contributed by atoms with E-state index in [0.29, 0.717) is 0 Å². The van der Waals surface area contributed by atoms with Crippen molar-refractivity contribution in [3.8, 4) is 39.1 Å². The van der Waals surface area contributed by atoms with E-state index in [1.54, 1.807) is 0 Å². The Morgan fingerprint density at radius 1 is 0.370 bits per heavy atom. The highest BCUT2D eigenvalue weighted by Gasteiger charge is 2.25. The Bertz CT molecular complexity index is 2670. The van der Waals surface area contributed by atoms with Crippen molar-refractivity contribution < 1.29 is 0 Å². The van der Waals surface area contributed by atoms with Crippen LogP contribution < -0.4 is 0 Å². The first kappa shape index (κ1) is 25.7. The van der Waals surface area contributed by atoms with Crippen molar-refractivity contribution in [1.82, 2.24) is 4.57 Å². The second-order valence-electron chi connectivity index (χ2n) is 12.1. The lowest BCUT2D eigenvalue weighted by Gasteiger charge is -2.17. The summed E-state index contributed by atoms with van der Waals surface area (Å²) in [4.78, 5) is 2.58. The van der Waals surface area contributed by atoms with E-state index >= 15 is 0 Å². The second kappa shape index (κ2) is 9.97. The third kappa shape index (κ3) is 3.71. The molecule has 1 aliphatic heterocycles. The second-order valence-corrected chi connectivity index (χ2v) is 13.1. The summed E-state index contributed by atoms with van der Waals surface area (Å²) >= 11 is 1.90. The van der Waals surface area contributed by atoms with E-state index in [9.17, 15) is 0 Å². The number of hydrogen-bond acceptors (Lipinski definition) is 1. The largest absolute Gasteiger partial charge is 0.308 e. The number of nitrogens with zero attached hydrogens (tertiary/aromatic N) is 1. The van der Waals surface area contributed by atoms with Crippen molar-refractivity contribution in [1.29, 1.82) is 0 Å². The van der Waals surface area contributed by atoms with Gasteiger partial charge in [0.1, 0.15) is 0 Å². The molecular weight excluding hydrogens is 575 g/mol. The van der Waals surface area contributed by atoms with E-state index in [0.717, 1.165) is 0 Å². The van der Waals surface area contributed by atoms with Gasteiger partial charge in [-0.2, -0.15) is 0 Å². The van der Waals surface area contributed by atoms with Crippen LogP contribution in [-0.4, -0.2) is 4.57 Å². The summed E-state index contributed by atoms with van der Waals surface area (Å²) in [6, 6.07) is 60.3. The minimum absolute atomic E-state index is 1.17. The van der Waals surface area contributed by atoms with E-state index in [2.05, 4.69) is 168 Å². The quantitative estimate of drug-likeness (QED) is 0.191. The molecule has 10 rings (SSSR count). The Labute approximate surface area is 271 Å².